The first kappa shape index (κ1) is 20.8. The zero-order valence-electron chi connectivity index (χ0n) is 18.0. The second-order valence-electron chi connectivity index (χ2n) is 7.71. The molecule has 1 aliphatic rings. The molecule has 4 rings (SSSR count). The van der Waals surface area contributed by atoms with E-state index in [0.29, 0.717) is 36.6 Å². The Kier molecular flexibility index (Phi) is 5.85. The van der Waals surface area contributed by atoms with Crippen LogP contribution in [0.4, 0.5) is 4.39 Å². The summed E-state index contributed by atoms with van der Waals surface area (Å²) in [7, 11) is 1.80. The number of carbonyl (C=O) groups excluding carboxylic acids is 1. The maximum Gasteiger partial charge on any atom is 0.254 e. The summed E-state index contributed by atoms with van der Waals surface area (Å²) in [6, 6.07) is 15.8. The Morgan fingerprint density at radius 1 is 1.16 bits per heavy atom. The summed E-state index contributed by atoms with van der Waals surface area (Å²) in [4.78, 5) is 19.3. The molecule has 5 heteroatoms. The highest BCUT2D eigenvalue weighted by Gasteiger charge is 2.20. The molecule has 0 fully saturated rings. The molecular formula is C26H25FN2O2. The van der Waals surface area contributed by atoms with Gasteiger partial charge in [-0.3, -0.25) is 9.79 Å². The fourth-order valence-electron chi connectivity index (χ4n) is 3.95. The van der Waals surface area contributed by atoms with Gasteiger partial charge in [-0.15, -0.1) is 0 Å². The minimum Gasteiger partial charge on any atom is -0.493 e. The molecule has 1 aliphatic heterocycles. The number of amides is 1. The normalized spacial score (nSPS) is 12.0. The molecule has 0 atom stereocenters. The molecule has 31 heavy (non-hydrogen) atoms. The van der Waals surface area contributed by atoms with Gasteiger partial charge >= 0.3 is 0 Å². The molecule has 0 unspecified atom stereocenters. The molecule has 4 nitrogen and oxygen atoms in total. The zero-order valence-corrected chi connectivity index (χ0v) is 18.0. The van der Waals surface area contributed by atoms with Crippen LogP contribution in [-0.4, -0.2) is 30.7 Å². The number of carbonyl (C=O) groups is 1. The van der Waals surface area contributed by atoms with E-state index in [-0.39, 0.29) is 11.7 Å². The number of benzene rings is 3. The summed E-state index contributed by atoms with van der Waals surface area (Å²) in [5, 5.41) is 0. The second kappa shape index (κ2) is 8.72. The molecule has 0 bridgehead atoms. The summed E-state index contributed by atoms with van der Waals surface area (Å²) < 4.78 is 19.5. The van der Waals surface area contributed by atoms with Crippen LogP contribution in [0.3, 0.4) is 0 Å². The average molecular weight is 416 g/mol. The van der Waals surface area contributed by atoms with Crippen molar-refractivity contribution in [3.63, 3.8) is 0 Å². The standard InChI is InChI=1S/C26H25FN2O2/c1-4-31-25-13-19(10-11-22(25)18-6-5-7-21(27)12-18)26(30)29(3)16-24-17(2)8-9-20-14-28-15-23(20)24/h5-14H,4,15-16H2,1-3H3. The number of hydrogen-bond donors (Lipinski definition) is 0. The van der Waals surface area contributed by atoms with Crippen molar-refractivity contribution in [1.29, 1.82) is 0 Å². The number of rotatable bonds is 6. The Bertz CT molecular complexity index is 1170. The summed E-state index contributed by atoms with van der Waals surface area (Å²) in [5.41, 5.74) is 6.62. The molecule has 1 amide bonds. The molecule has 0 spiro atoms. The number of fused-ring (bicyclic) bond motifs is 1. The van der Waals surface area contributed by atoms with E-state index < -0.39 is 0 Å². The highest BCUT2D eigenvalue weighted by Crippen LogP contribution is 2.32. The lowest BCUT2D eigenvalue weighted by atomic mass is 9.97. The van der Waals surface area contributed by atoms with Crippen LogP contribution in [0.2, 0.25) is 0 Å². The fraction of sp³-hybridized carbons (Fsp3) is 0.231. The van der Waals surface area contributed by atoms with Gasteiger partial charge in [0.05, 0.1) is 13.2 Å². The van der Waals surface area contributed by atoms with E-state index in [9.17, 15) is 9.18 Å². The number of halogens is 1. The largest absolute Gasteiger partial charge is 0.493 e. The Balaban J connectivity index is 1.61. The third kappa shape index (κ3) is 4.22. The van der Waals surface area contributed by atoms with Crippen molar-refractivity contribution in [3.05, 3.63) is 88.2 Å². The number of hydrogen-bond acceptors (Lipinski definition) is 3. The molecule has 0 aromatic heterocycles. The molecule has 0 aliphatic carbocycles. The third-order valence-corrected chi connectivity index (χ3v) is 5.59. The molecule has 0 radical (unpaired) electrons. The van der Waals surface area contributed by atoms with Gasteiger partial charge in [0.15, 0.2) is 0 Å². The molecular weight excluding hydrogens is 391 g/mol. The molecule has 0 N–H and O–H groups in total. The number of aliphatic imine (C=N–C) groups is 1. The molecule has 0 saturated carbocycles. The summed E-state index contributed by atoms with van der Waals surface area (Å²) in [5.74, 6) is 0.162. The lowest BCUT2D eigenvalue weighted by Gasteiger charge is -2.21. The first-order valence-corrected chi connectivity index (χ1v) is 10.4. The van der Waals surface area contributed by atoms with Crippen molar-refractivity contribution >= 4 is 12.1 Å². The lowest BCUT2D eigenvalue weighted by Crippen LogP contribution is -2.27. The SMILES string of the molecule is CCOc1cc(C(=O)N(C)Cc2c(C)ccc3c2CN=C3)ccc1-c1cccc(F)c1. The lowest BCUT2D eigenvalue weighted by molar-refractivity contribution is 0.0784. The Morgan fingerprint density at radius 2 is 2.00 bits per heavy atom. The predicted octanol–water partition coefficient (Wildman–Crippen LogP) is 5.40. The quantitative estimate of drug-likeness (QED) is 0.540. The molecule has 3 aromatic rings. The van der Waals surface area contributed by atoms with Gasteiger partial charge in [0.25, 0.3) is 5.91 Å². The van der Waals surface area contributed by atoms with Gasteiger partial charge in [-0.2, -0.15) is 0 Å². The van der Waals surface area contributed by atoms with Crippen LogP contribution >= 0.6 is 0 Å². The maximum absolute atomic E-state index is 13.7. The van der Waals surface area contributed by atoms with E-state index in [1.807, 2.05) is 25.3 Å². The monoisotopic (exact) mass is 416 g/mol. The van der Waals surface area contributed by atoms with Crippen molar-refractivity contribution in [2.45, 2.75) is 26.9 Å². The molecule has 158 valence electrons. The molecule has 3 aromatic carbocycles. The van der Waals surface area contributed by atoms with Crippen LogP contribution in [0.5, 0.6) is 5.75 Å². The van der Waals surface area contributed by atoms with Crippen LogP contribution in [0.25, 0.3) is 11.1 Å². The minimum atomic E-state index is -0.311. The van der Waals surface area contributed by atoms with Crippen molar-refractivity contribution in [2.75, 3.05) is 13.7 Å². The smallest absolute Gasteiger partial charge is 0.254 e. The summed E-state index contributed by atoms with van der Waals surface area (Å²) >= 11 is 0. The zero-order chi connectivity index (χ0) is 22.0. The topological polar surface area (TPSA) is 41.9 Å². The van der Waals surface area contributed by atoms with Gasteiger partial charge in [0, 0.05) is 30.9 Å². The van der Waals surface area contributed by atoms with Crippen molar-refractivity contribution in [2.24, 2.45) is 4.99 Å². The second-order valence-corrected chi connectivity index (χ2v) is 7.71. The summed E-state index contributed by atoms with van der Waals surface area (Å²) in [6.07, 6.45) is 1.89. The van der Waals surface area contributed by atoms with Gasteiger partial charge in [0.2, 0.25) is 0 Å². The third-order valence-electron chi connectivity index (χ3n) is 5.59. The Hall–Kier alpha value is -3.47. The number of ether oxygens (including phenoxy) is 1. The highest BCUT2D eigenvalue weighted by molar-refractivity contribution is 5.95. The van der Waals surface area contributed by atoms with E-state index in [1.54, 1.807) is 30.1 Å². The van der Waals surface area contributed by atoms with Crippen LogP contribution in [0, 0.1) is 12.7 Å². The van der Waals surface area contributed by atoms with E-state index in [2.05, 4.69) is 24.0 Å². The van der Waals surface area contributed by atoms with Gasteiger partial charge in [0.1, 0.15) is 11.6 Å². The van der Waals surface area contributed by atoms with E-state index in [0.717, 1.165) is 22.3 Å². The van der Waals surface area contributed by atoms with Crippen molar-refractivity contribution in [1.82, 2.24) is 4.90 Å². The maximum atomic E-state index is 13.7. The number of nitrogens with zero attached hydrogens (tertiary/aromatic N) is 2. The number of aryl methyl sites for hydroxylation is 1. The first-order valence-electron chi connectivity index (χ1n) is 10.4. The highest BCUT2D eigenvalue weighted by atomic mass is 19.1. The van der Waals surface area contributed by atoms with E-state index >= 15 is 0 Å². The fourth-order valence-corrected chi connectivity index (χ4v) is 3.95. The van der Waals surface area contributed by atoms with Crippen LogP contribution in [0.15, 0.2) is 59.6 Å². The first-order chi connectivity index (χ1) is 15.0. The Labute approximate surface area is 182 Å². The predicted molar refractivity (Wildman–Crippen MR) is 121 cm³/mol. The van der Waals surface area contributed by atoms with Crippen molar-refractivity contribution in [3.8, 4) is 16.9 Å². The van der Waals surface area contributed by atoms with E-state index in [4.69, 9.17) is 4.74 Å². The molecule has 1 heterocycles. The molecule has 0 saturated heterocycles. The van der Waals surface area contributed by atoms with Gasteiger partial charge in [-0.1, -0.05) is 24.3 Å². The van der Waals surface area contributed by atoms with Gasteiger partial charge in [-0.25, -0.2) is 4.39 Å². The summed E-state index contributed by atoms with van der Waals surface area (Å²) in [6.45, 7) is 5.56. The average Bonchev–Trinajstić information content (AvgIpc) is 3.24. The van der Waals surface area contributed by atoms with Crippen molar-refractivity contribution < 1.29 is 13.9 Å². The van der Waals surface area contributed by atoms with Gasteiger partial charge in [-0.05, 0) is 72.0 Å². The van der Waals surface area contributed by atoms with Crippen LogP contribution in [-0.2, 0) is 13.1 Å². The Morgan fingerprint density at radius 3 is 2.77 bits per heavy atom. The van der Waals surface area contributed by atoms with Crippen LogP contribution < -0.4 is 4.74 Å². The minimum absolute atomic E-state index is 0.0948. The van der Waals surface area contributed by atoms with Gasteiger partial charge < -0.3 is 9.64 Å². The van der Waals surface area contributed by atoms with E-state index in [1.165, 1.54) is 17.7 Å². The van der Waals surface area contributed by atoms with Crippen LogP contribution in [0.1, 0.15) is 39.5 Å².